The molecule has 0 aromatic carbocycles. The molecule has 0 saturated carbocycles. The van der Waals surface area contributed by atoms with E-state index in [0.29, 0.717) is 25.7 Å². The lowest BCUT2D eigenvalue weighted by Gasteiger charge is -2.42. The summed E-state index contributed by atoms with van der Waals surface area (Å²) in [7, 11) is 0. The zero-order chi connectivity index (χ0) is 24.7. The van der Waals surface area contributed by atoms with Crippen molar-refractivity contribution in [2.24, 2.45) is 33.1 Å². The molecule has 1 spiro atoms. The predicted molar refractivity (Wildman–Crippen MR) is 145 cm³/mol. The zero-order valence-electron chi connectivity index (χ0n) is 21.6. The summed E-state index contributed by atoms with van der Waals surface area (Å²) >= 11 is 0. The van der Waals surface area contributed by atoms with Gasteiger partial charge in [0.05, 0.1) is 12.6 Å². The maximum atomic E-state index is 13.2. The quantitative estimate of drug-likeness (QED) is 0.0994. The van der Waals surface area contributed by atoms with Gasteiger partial charge in [0.1, 0.15) is 5.92 Å². The van der Waals surface area contributed by atoms with E-state index >= 15 is 0 Å². The highest BCUT2D eigenvalue weighted by atomic mass is 35.5. The number of ether oxygens (including phenoxy) is 2. The van der Waals surface area contributed by atoms with Crippen molar-refractivity contribution in [3.8, 4) is 0 Å². The Morgan fingerprint density at radius 1 is 1.09 bits per heavy atom. The first kappa shape index (κ1) is 31.3. The fourth-order valence-corrected chi connectivity index (χ4v) is 5.00. The van der Waals surface area contributed by atoms with Gasteiger partial charge in [-0.15, -0.1) is 12.4 Å². The number of halogens is 1. The number of hydrogen-bond donors (Lipinski definition) is 4. The molecular formula is C25H49ClN6O3. The Kier molecular flexibility index (Phi) is 15.8. The van der Waals surface area contributed by atoms with Crippen LogP contribution in [0.1, 0.15) is 103 Å². The van der Waals surface area contributed by atoms with Crippen LogP contribution in [0.4, 0.5) is 0 Å². The third-order valence-electron chi connectivity index (χ3n) is 6.78. The summed E-state index contributed by atoms with van der Waals surface area (Å²) in [5, 5.41) is 3.18. The number of carbonyl (C=O) groups is 1. The van der Waals surface area contributed by atoms with Gasteiger partial charge in [-0.1, -0.05) is 64.7 Å². The van der Waals surface area contributed by atoms with Crippen molar-refractivity contribution in [2.45, 2.75) is 115 Å². The topological polar surface area (TPSA) is 150 Å². The number of guanidine groups is 2. The van der Waals surface area contributed by atoms with Crippen molar-refractivity contribution in [1.82, 2.24) is 5.32 Å². The third kappa shape index (κ3) is 11.2. The molecule has 2 heterocycles. The van der Waals surface area contributed by atoms with Crippen LogP contribution in [-0.4, -0.2) is 49.4 Å². The van der Waals surface area contributed by atoms with E-state index in [0.717, 1.165) is 51.4 Å². The number of nitrogens with zero attached hydrogens (tertiary/aromatic N) is 2. The van der Waals surface area contributed by atoms with Crippen LogP contribution in [0.15, 0.2) is 9.98 Å². The van der Waals surface area contributed by atoms with Gasteiger partial charge in [0, 0.05) is 13.2 Å². The first-order valence-electron chi connectivity index (χ1n) is 13.5. The molecule has 35 heavy (non-hydrogen) atoms. The van der Waals surface area contributed by atoms with Crippen LogP contribution >= 0.6 is 12.4 Å². The second-order valence-electron chi connectivity index (χ2n) is 9.68. The molecule has 9 nitrogen and oxygen atoms in total. The summed E-state index contributed by atoms with van der Waals surface area (Å²) in [6, 6.07) is -0.210. The molecule has 2 aliphatic rings. The Morgan fingerprint density at radius 2 is 1.74 bits per heavy atom. The van der Waals surface area contributed by atoms with Crippen LogP contribution in [0.25, 0.3) is 0 Å². The number of nitrogens with two attached hydrogens (primary N) is 3. The normalized spacial score (nSPS) is 23.3. The lowest BCUT2D eigenvalue weighted by molar-refractivity contribution is -0.165. The van der Waals surface area contributed by atoms with Gasteiger partial charge in [0.2, 0.25) is 0 Å². The minimum Gasteiger partial charge on any atom is -0.465 e. The number of esters is 1. The van der Waals surface area contributed by atoms with E-state index in [1.165, 1.54) is 44.9 Å². The number of carbonyl (C=O) groups excluding carboxylic acids is 1. The maximum absolute atomic E-state index is 13.2. The number of unbranched alkanes of at least 4 members (excludes halogenated alkanes) is 10. The monoisotopic (exact) mass is 516 g/mol. The standard InChI is InChI=1S/C25H48N6O3.ClH/c1-2-3-4-5-6-7-8-9-11-15-20-21(25(16-14-19-34-25)31-24(28)30-20)22(32)33-18-13-10-12-17-29-23(26)27;/h20-21H,2-19H2,1H3,(H4,26,27,29)(H3,28,30,31);1H/t20-,21-,25-;/m0./s1. The van der Waals surface area contributed by atoms with Crippen LogP contribution in [0.2, 0.25) is 0 Å². The highest BCUT2D eigenvalue weighted by molar-refractivity contribution is 5.85. The molecule has 3 atom stereocenters. The van der Waals surface area contributed by atoms with Crippen LogP contribution < -0.4 is 22.5 Å². The van der Waals surface area contributed by atoms with Crippen molar-refractivity contribution in [2.75, 3.05) is 19.8 Å². The molecule has 2 aliphatic heterocycles. The number of aliphatic imine (C=N–C) groups is 2. The molecule has 204 valence electrons. The minimum atomic E-state index is -0.791. The van der Waals surface area contributed by atoms with E-state index < -0.39 is 11.6 Å². The molecule has 0 aromatic rings. The summed E-state index contributed by atoms with van der Waals surface area (Å²) in [5.41, 5.74) is 16.0. The summed E-state index contributed by atoms with van der Waals surface area (Å²) in [4.78, 5) is 21.8. The average Bonchev–Trinajstić information content (AvgIpc) is 3.24. The van der Waals surface area contributed by atoms with E-state index in [4.69, 9.17) is 26.7 Å². The zero-order valence-corrected chi connectivity index (χ0v) is 22.5. The van der Waals surface area contributed by atoms with Crippen LogP contribution in [0.3, 0.4) is 0 Å². The highest BCUT2D eigenvalue weighted by Crippen LogP contribution is 2.38. The molecule has 0 amide bonds. The Morgan fingerprint density at radius 3 is 2.37 bits per heavy atom. The van der Waals surface area contributed by atoms with Gasteiger partial charge in [0.15, 0.2) is 17.6 Å². The number of rotatable bonds is 17. The highest BCUT2D eigenvalue weighted by Gasteiger charge is 2.53. The maximum Gasteiger partial charge on any atom is 0.316 e. The van der Waals surface area contributed by atoms with Gasteiger partial charge >= 0.3 is 5.97 Å². The van der Waals surface area contributed by atoms with Crippen LogP contribution in [0.5, 0.6) is 0 Å². The molecule has 10 heteroatoms. The molecule has 0 unspecified atom stereocenters. The summed E-state index contributed by atoms with van der Waals surface area (Å²) in [5.74, 6) is -0.240. The molecule has 1 fully saturated rings. The van der Waals surface area contributed by atoms with E-state index in [-0.39, 0.29) is 30.4 Å². The predicted octanol–water partition coefficient (Wildman–Crippen LogP) is 3.73. The second kappa shape index (κ2) is 17.7. The minimum absolute atomic E-state index is 0. The van der Waals surface area contributed by atoms with Gasteiger partial charge < -0.3 is 32.0 Å². The molecule has 7 N–H and O–H groups in total. The van der Waals surface area contributed by atoms with E-state index in [9.17, 15) is 4.79 Å². The van der Waals surface area contributed by atoms with Gasteiger partial charge in [-0.05, 0) is 38.5 Å². The SMILES string of the molecule is CCCCCCCCCCC[C@@H]1N=C(N)N[C@]2(CCCO2)[C@@H]1C(=O)OCCCCCN=C(N)N.Cl. The van der Waals surface area contributed by atoms with Gasteiger partial charge in [-0.2, -0.15) is 0 Å². The van der Waals surface area contributed by atoms with Gasteiger partial charge in [0.25, 0.3) is 0 Å². The van der Waals surface area contributed by atoms with Gasteiger partial charge in [-0.25, -0.2) is 4.99 Å². The molecule has 0 bridgehead atoms. The van der Waals surface area contributed by atoms with Crippen molar-refractivity contribution in [3.63, 3.8) is 0 Å². The summed E-state index contributed by atoms with van der Waals surface area (Å²) < 4.78 is 11.8. The Hall–Kier alpha value is -1.74. The van der Waals surface area contributed by atoms with E-state index in [1.807, 2.05) is 0 Å². The van der Waals surface area contributed by atoms with Crippen molar-refractivity contribution >= 4 is 30.3 Å². The van der Waals surface area contributed by atoms with Crippen molar-refractivity contribution in [1.29, 1.82) is 0 Å². The smallest absolute Gasteiger partial charge is 0.316 e. The second-order valence-corrected chi connectivity index (χ2v) is 9.68. The molecule has 0 radical (unpaired) electrons. The van der Waals surface area contributed by atoms with Crippen molar-refractivity contribution in [3.05, 3.63) is 0 Å². The van der Waals surface area contributed by atoms with E-state index in [1.54, 1.807) is 0 Å². The van der Waals surface area contributed by atoms with Crippen LogP contribution in [0, 0.1) is 5.92 Å². The van der Waals surface area contributed by atoms with Crippen LogP contribution in [-0.2, 0) is 14.3 Å². The lowest BCUT2D eigenvalue weighted by atomic mass is 9.82. The molecule has 0 aliphatic carbocycles. The average molecular weight is 517 g/mol. The Labute approximate surface area is 217 Å². The fraction of sp³-hybridized carbons (Fsp3) is 0.880. The number of nitrogens with one attached hydrogen (secondary N) is 1. The number of hydrogen-bond acceptors (Lipinski definition) is 7. The largest absolute Gasteiger partial charge is 0.465 e. The molecule has 2 rings (SSSR count). The fourth-order valence-electron chi connectivity index (χ4n) is 5.00. The third-order valence-corrected chi connectivity index (χ3v) is 6.78. The van der Waals surface area contributed by atoms with Gasteiger partial charge in [-0.3, -0.25) is 9.79 Å². The molecule has 1 saturated heterocycles. The Bertz CT molecular complexity index is 651. The Balaban J connectivity index is 0.00000612. The molecular weight excluding hydrogens is 468 g/mol. The first-order chi connectivity index (χ1) is 16.5. The van der Waals surface area contributed by atoms with E-state index in [2.05, 4.69) is 22.2 Å². The van der Waals surface area contributed by atoms with Crippen molar-refractivity contribution < 1.29 is 14.3 Å². The molecule has 0 aromatic heterocycles. The first-order valence-corrected chi connectivity index (χ1v) is 13.5. The summed E-state index contributed by atoms with van der Waals surface area (Å²) in [6.07, 6.45) is 16.3. The lowest BCUT2D eigenvalue weighted by Crippen LogP contribution is -2.64. The summed E-state index contributed by atoms with van der Waals surface area (Å²) in [6.45, 7) is 3.82.